The average Bonchev–Trinajstić information content (AvgIpc) is 2.64. The lowest BCUT2D eigenvalue weighted by atomic mass is 9.95. The first-order valence-electron chi connectivity index (χ1n) is 9.02. The standard InChI is InChI=1S/C21H23ClN2O2/c1-14-7-5-6-10-17(14)20(25)24-16-11-12-19(22)18(13-16)21(26)23-15-8-3-2-4-9-15/h5-7,10-13,15H,2-4,8-9H2,1H3,(H,23,26)(H,24,25). The lowest BCUT2D eigenvalue weighted by molar-refractivity contribution is 0.0926. The summed E-state index contributed by atoms with van der Waals surface area (Å²) in [6.45, 7) is 1.89. The number of amides is 2. The molecule has 2 amide bonds. The normalized spacial score (nSPS) is 14.7. The van der Waals surface area contributed by atoms with Crippen LogP contribution < -0.4 is 10.6 Å². The number of halogens is 1. The molecule has 0 spiro atoms. The molecule has 1 saturated carbocycles. The minimum absolute atomic E-state index is 0.186. The Hall–Kier alpha value is -2.33. The van der Waals surface area contributed by atoms with Crippen molar-refractivity contribution in [2.75, 3.05) is 5.32 Å². The monoisotopic (exact) mass is 370 g/mol. The van der Waals surface area contributed by atoms with Crippen molar-refractivity contribution in [3.05, 3.63) is 64.2 Å². The highest BCUT2D eigenvalue weighted by Gasteiger charge is 2.19. The Balaban J connectivity index is 1.73. The van der Waals surface area contributed by atoms with Gasteiger partial charge in [-0.3, -0.25) is 9.59 Å². The Bertz CT molecular complexity index is 813. The van der Waals surface area contributed by atoms with E-state index < -0.39 is 0 Å². The van der Waals surface area contributed by atoms with E-state index in [-0.39, 0.29) is 17.9 Å². The number of hydrogen-bond acceptors (Lipinski definition) is 2. The van der Waals surface area contributed by atoms with Gasteiger partial charge in [0.1, 0.15) is 0 Å². The zero-order chi connectivity index (χ0) is 18.5. The Kier molecular flexibility index (Phi) is 5.94. The zero-order valence-corrected chi connectivity index (χ0v) is 15.6. The second kappa shape index (κ2) is 8.37. The molecule has 0 heterocycles. The fourth-order valence-corrected chi connectivity index (χ4v) is 3.52. The molecule has 26 heavy (non-hydrogen) atoms. The molecular weight excluding hydrogens is 348 g/mol. The van der Waals surface area contributed by atoms with Crippen LogP contribution in [0.2, 0.25) is 5.02 Å². The number of hydrogen-bond donors (Lipinski definition) is 2. The maximum atomic E-state index is 12.6. The third-order valence-corrected chi connectivity index (χ3v) is 5.13. The molecule has 0 bridgehead atoms. The van der Waals surface area contributed by atoms with E-state index in [2.05, 4.69) is 10.6 Å². The van der Waals surface area contributed by atoms with E-state index in [4.69, 9.17) is 11.6 Å². The predicted molar refractivity (Wildman–Crippen MR) is 105 cm³/mol. The molecule has 0 aliphatic heterocycles. The van der Waals surface area contributed by atoms with Crippen LogP contribution in [0.4, 0.5) is 5.69 Å². The summed E-state index contributed by atoms with van der Waals surface area (Å²) < 4.78 is 0. The van der Waals surface area contributed by atoms with Gasteiger partial charge in [0.05, 0.1) is 10.6 Å². The van der Waals surface area contributed by atoms with Crippen LogP contribution in [0.5, 0.6) is 0 Å². The van der Waals surface area contributed by atoms with Gasteiger partial charge in [-0.25, -0.2) is 0 Å². The van der Waals surface area contributed by atoms with E-state index in [0.29, 0.717) is 21.8 Å². The molecule has 0 aromatic heterocycles. The van der Waals surface area contributed by atoms with E-state index in [9.17, 15) is 9.59 Å². The molecule has 1 aliphatic rings. The van der Waals surface area contributed by atoms with E-state index in [0.717, 1.165) is 31.2 Å². The number of aryl methyl sites for hydroxylation is 1. The molecule has 0 unspecified atom stereocenters. The van der Waals surface area contributed by atoms with Gasteiger partial charge in [-0.05, 0) is 49.6 Å². The smallest absolute Gasteiger partial charge is 0.255 e. The van der Waals surface area contributed by atoms with Gasteiger partial charge in [-0.15, -0.1) is 0 Å². The quantitative estimate of drug-likeness (QED) is 0.798. The second-order valence-electron chi connectivity index (χ2n) is 6.77. The molecule has 0 radical (unpaired) electrons. The largest absolute Gasteiger partial charge is 0.349 e. The van der Waals surface area contributed by atoms with Crippen molar-refractivity contribution >= 4 is 29.1 Å². The fraction of sp³-hybridized carbons (Fsp3) is 0.333. The second-order valence-corrected chi connectivity index (χ2v) is 7.18. The van der Waals surface area contributed by atoms with Gasteiger partial charge in [0.25, 0.3) is 11.8 Å². The zero-order valence-electron chi connectivity index (χ0n) is 14.8. The summed E-state index contributed by atoms with van der Waals surface area (Å²) in [6.07, 6.45) is 5.53. The van der Waals surface area contributed by atoms with Crippen molar-refractivity contribution in [1.82, 2.24) is 5.32 Å². The fourth-order valence-electron chi connectivity index (χ4n) is 3.31. The molecular formula is C21H23ClN2O2. The minimum Gasteiger partial charge on any atom is -0.349 e. The first kappa shape index (κ1) is 18.5. The number of rotatable bonds is 4. The summed E-state index contributed by atoms with van der Waals surface area (Å²) in [4.78, 5) is 25.1. The van der Waals surface area contributed by atoms with Gasteiger partial charge in [0.2, 0.25) is 0 Å². The number of carbonyl (C=O) groups excluding carboxylic acids is 2. The lowest BCUT2D eigenvalue weighted by Gasteiger charge is -2.23. The topological polar surface area (TPSA) is 58.2 Å². The van der Waals surface area contributed by atoms with Crippen LogP contribution >= 0.6 is 11.6 Å². The number of nitrogens with one attached hydrogen (secondary N) is 2. The van der Waals surface area contributed by atoms with E-state index >= 15 is 0 Å². The molecule has 3 rings (SSSR count). The third-order valence-electron chi connectivity index (χ3n) is 4.80. The van der Waals surface area contributed by atoms with Crippen LogP contribution in [-0.2, 0) is 0 Å². The molecule has 4 nitrogen and oxygen atoms in total. The SMILES string of the molecule is Cc1ccccc1C(=O)Nc1ccc(Cl)c(C(=O)NC2CCCCC2)c1. The predicted octanol–water partition coefficient (Wildman–Crippen LogP) is 4.96. The highest BCUT2D eigenvalue weighted by Crippen LogP contribution is 2.23. The van der Waals surface area contributed by atoms with Crippen LogP contribution in [0.15, 0.2) is 42.5 Å². The van der Waals surface area contributed by atoms with Gasteiger partial charge < -0.3 is 10.6 Å². The highest BCUT2D eigenvalue weighted by molar-refractivity contribution is 6.34. The van der Waals surface area contributed by atoms with Crippen molar-refractivity contribution in [3.63, 3.8) is 0 Å². The minimum atomic E-state index is -0.205. The summed E-state index contributed by atoms with van der Waals surface area (Å²) in [6, 6.07) is 12.6. The van der Waals surface area contributed by atoms with Crippen molar-refractivity contribution in [2.24, 2.45) is 0 Å². The molecule has 5 heteroatoms. The number of carbonyl (C=O) groups is 2. The van der Waals surface area contributed by atoms with Gasteiger partial charge >= 0.3 is 0 Å². The molecule has 0 saturated heterocycles. The van der Waals surface area contributed by atoms with Gasteiger partial charge in [-0.2, -0.15) is 0 Å². The maximum absolute atomic E-state index is 12.6. The number of benzene rings is 2. The first-order chi connectivity index (χ1) is 12.5. The average molecular weight is 371 g/mol. The summed E-state index contributed by atoms with van der Waals surface area (Å²) in [5.41, 5.74) is 2.45. The van der Waals surface area contributed by atoms with Crippen LogP contribution in [0.3, 0.4) is 0 Å². The Morgan fingerprint density at radius 3 is 2.42 bits per heavy atom. The van der Waals surface area contributed by atoms with E-state index in [1.807, 2.05) is 25.1 Å². The lowest BCUT2D eigenvalue weighted by Crippen LogP contribution is -2.36. The van der Waals surface area contributed by atoms with Crippen LogP contribution in [0.1, 0.15) is 58.4 Å². The molecule has 0 atom stereocenters. The van der Waals surface area contributed by atoms with Crippen LogP contribution in [0.25, 0.3) is 0 Å². The van der Waals surface area contributed by atoms with Gasteiger partial charge in [-0.1, -0.05) is 49.1 Å². The number of anilines is 1. The van der Waals surface area contributed by atoms with Crippen molar-refractivity contribution in [3.8, 4) is 0 Å². The van der Waals surface area contributed by atoms with Gasteiger partial charge in [0.15, 0.2) is 0 Å². The summed E-state index contributed by atoms with van der Waals surface area (Å²) >= 11 is 6.21. The maximum Gasteiger partial charge on any atom is 0.255 e. The Morgan fingerprint density at radius 1 is 0.962 bits per heavy atom. The van der Waals surface area contributed by atoms with Crippen LogP contribution in [0, 0.1) is 6.92 Å². The van der Waals surface area contributed by atoms with Crippen molar-refractivity contribution in [2.45, 2.75) is 45.1 Å². The summed E-state index contributed by atoms with van der Waals surface area (Å²) in [5.74, 6) is -0.391. The van der Waals surface area contributed by atoms with E-state index in [1.165, 1.54) is 6.42 Å². The molecule has 2 aromatic carbocycles. The van der Waals surface area contributed by atoms with E-state index in [1.54, 1.807) is 24.3 Å². The highest BCUT2D eigenvalue weighted by atomic mass is 35.5. The molecule has 1 fully saturated rings. The molecule has 2 aromatic rings. The van der Waals surface area contributed by atoms with Crippen molar-refractivity contribution in [1.29, 1.82) is 0 Å². The third kappa shape index (κ3) is 4.44. The molecule has 1 aliphatic carbocycles. The summed E-state index contributed by atoms with van der Waals surface area (Å²) in [7, 11) is 0. The Morgan fingerprint density at radius 2 is 1.69 bits per heavy atom. The van der Waals surface area contributed by atoms with Crippen molar-refractivity contribution < 1.29 is 9.59 Å². The molecule has 2 N–H and O–H groups in total. The van der Waals surface area contributed by atoms with Gasteiger partial charge in [0, 0.05) is 17.3 Å². The molecule has 136 valence electrons. The van der Waals surface area contributed by atoms with Crippen LogP contribution in [-0.4, -0.2) is 17.9 Å². The summed E-state index contributed by atoms with van der Waals surface area (Å²) in [5, 5.41) is 6.29. The Labute approximate surface area is 158 Å². The first-order valence-corrected chi connectivity index (χ1v) is 9.40.